The van der Waals surface area contributed by atoms with Crippen LogP contribution < -0.4 is 14.4 Å². The lowest BCUT2D eigenvalue weighted by atomic mass is 10.1. The molecule has 0 aromatic heterocycles. The monoisotopic (exact) mass is 521 g/mol. The number of rotatable bonds is 14. The molecule has 36 heavy (non-hydrogen) atoms. The van der Waals surface area contributed by atoms with Gasteiger partial charge in [-0.3, -0.25) is 13.9 Å². The molecule has 0 spiro atoms. The van der Waals surface area contributed by atoms with Crippen LogP contribution in [-0.2, 0) is 26.2 Å². The second kappa shape index (κ2) is 13.8. The van der Waals surface area contributed by atoms with Crippen LogP contribution >= 0.6 is 0 Å². The topological polar surface area (TPSA) is 96.0 Å². The fourth-order valence-electron chi connectivity index (χ4n) is 3.89. The van der Waals surface area contributed by atoms with E-state index in [-0.39, 0.29) is 43.6 Å². The quantitative estimate of drug-likeness (QED) is 0.409. The fraction of sp³-hybridized carbons (Fsp3) is 0.462. The number of methoxy groups -OCH3 is 1. The lowest BCUT2D eigenvalue weighted by Crippen LogP contribution is -2.49. The van der Waals surface area contributed by atoms with Gasteiger partial charge in [0.15, 0.2) is 0 Å². The molecule has 0 fully saturated rings. The van der Waals surface area contributed by atoms with Crippen molar-refractivity contribution in [2.75, 3.05) is 30.8 Å². The molecule has 1 N–H and O–H groups in total. The van der Waals surface area contributed by atoms with Gasteiger partial charge in [-0.1, -0.05) is 38.1 Å². The molecule has 0 radical (unpaired) electrons. The van der Waals surface area contributed by atoms with Crippen molar-refractivity contribution in [1.82, 2.24) is 10.2 Å². The number of anilines is 1. The first-order valence-electron chi connectivity index (χ1n) is 12.0. The highest BCUT2D eigenvalue weighted by atomic mass is 32.2. The third-order valence-electron chi connectivity index (χ3n) is 5.71. The predicted octanol–water partition coefficient (Wildman–Crippen LogP) is 3.71. The van der Waals surface area contributed by atoms with Crippen LogP contribution in [0.2, 0.25) is 0 Å². The highest BCUT2D eigenvalue weighted by molar-refractivity contribution is 7.92. The summed E-state index contributed by atoms with van der Waals surface area (Å²) < 4.78 is 45.0. The molecule has 0 bridgehead atoms. The number of nitrogens with one attached hydrogen (secondary N) is 1. The molecule has 0 saturated heterocycles. The van der Waals surface area contributed by atoms with Gasteiger partial charge < -0.3 is 15.0 Å². The average molecular weight is 522 g/mol. The number of carbonyl (C=O) groups is 2. The minimum Gasteiger partial charge on any atom is -0.495 e. The van der Waals surface area contributed by atoms with Crippen molar-refractivity contribution in [2.45, 2.75) is 52.1 Å². The second-order valence-electron chi connectivity index (χ2n) is 8.47. The van der Waals surface area contributed by atoms with Gasteiger partial charge in [-0.05, 0) is 49.1 Å². The molecule has 0 unspecified atom stereocenters. The second-order valence-corrected chi connectivity index (χ2v) is 10.4. The van der Waals surface area contributed by atoms with E-state index in [0.717, 1.165) is 12.7 Å². The van der Waals surface area contributed by atoms with E-state index in [9.17, 15) is 22.4 Å². The number of benzene rings is 2. The van der Waals surface area contributed by atoms with Crippen LogP contribution in [0.15, 0.2) is 48.5 Å². The van der Waals surface area contributed by atoms with Crippen LogP contribution in [-0.4, -0.2) is 57.6 Å². The maximum absolute atomic E-state index is 13.4. The summed E-state index contributed by atoms with van der Waals surface area (Å²) in [4.78, 5) is 27.7. The van der Waals surface area contributed by atoms with E-state index >= 15 is 0 Å². The smallest absolute Gasteiger partial charge is 0.242 e. The summed E-state index contributed by atoms with van der Waals surface area (Å²) in [7, 11) is -2.17. The number of ether oxygens (including phenoxy) is 1. The molecule has 0 aliphatic heterocycles. The van der Waals surface area contributed by atoms with E-state index in [0.29, 0.717) is 30.0 Å². The number of amides is 2. The Morgan fingerprint density at radius 3 is 2.33 bits per heavy atom. The number of hydrogen-bond donors (Lipinski definition) is 1. The predicted molar refractivity (Wildman–Crippen MR) is 139 cm³/mol. The third kappa shape index (κ3) is 8.22. The summed E-state index contributed by atoms with van der Waals surface area (Å²) in [5, 5.41) is 2.85. The van der Waals surface area contributed by atoms with E-state index in [4.69, 9.17) is 4.74 Å². The normalized spacial score (nSPS) is 12.0. The van der Waals surface area contributed by atoms with Crippen LogP contribution in [0.3, 0.4) is 0 Å². The Morgan fingerprint density at radius 2 is 1.75 bits per heavy atom. The molecule has 10 heteroatoms. The summed E-state index contributed by atoms with van der Waals surface area (Å²) in [5.41, 5.74) is 1.08. The zero-order valence-corrected chi connectivity index (χ0v) is 22.2. The molecular formula is C26H36FN3O5S. The molecule has 0 aliphatic carbocycles. The van der Waals surface area contributed by atoms with Crippen molar-refractivity contribution < 1.29 is 27.1 Å². The summed E-state index contributed by atoms with van der Waals surface area (Å²) in [6.07, 6.45) is 2.53. The lowest BCUT2D eigenvalue weighted by molar-refractivity contribution is -0.141. The van der Waals surface area contributed by atoms with E-state index < -0.39 is 16.1 Å². The van der Waals surface area contributed by atoms with Crippen molar-refractivity contribution in [3.63, 3.8) is 0 Å². The zero-order valence-electron chi connectivity index (χ0n) is 21.4. The van der Waals surface area contributed by atoms with Gasteiger partial charge in [0, 0.05) is 26.1 Å². The van der Waals surface area contributed by atoms with Gasteiger partial charge in [-0.25, -0.2) is 12.8 Å². The van der Waals surface area contributed by atoms with Crippen molar-refractivity contribution in [1.29, 1.82) is 0 Å². The Bertz CT molecular complexity index is 1110. The average Bonchev–Trinajstić information content (AvgIpc) is 2.85. The van der Waals surface area contributed by atoms with E-state index in [1.54, 1.807) is 36.4 Å². The van der Waals surface area contributed by atoms with E-state index in [1.807, 2.05) is 13.8 Å². The summed E-state index contributed by atoms with van der Waals surface area (Å²) in [6, 6.07) is 11.9. The highest BCUT2D eigenvalue weighted by Crippen LogP contribution is 2.29. The molecule has 2 aromatic rings. The molecule has 2 rings (SSSR count). The number of halogens is 1. The largest absolute Gasteiger partial charge is 0.495 e. The van der Waals surface area contributed by atoms with E-state index in [1.165, 1.54) is 28.4 Å². The summed E-state index contributed by atoms with van der Waals surface area (Å²) in [6.45, 7) is 4.47. The molecule has 0 aliphatic rings. The zero-order chi connectivity index (χ0) is 26.7. The Balaban J connectivity index is 2.22. The van der Waals surface area contributed by atoms with E-state index in [2.05, 4.69) is 5.32 Å². The molecule has 8 nitrogen and oxygen atoms in total. The standard InChI is InChI=1S/C26H36FN3O5S/c1-5-17-28-26(32)22(6-2)29(19-20-13-15-21(27)16-14-20)25(31)12-9-18-30(36(4,33)34)23-10-7-8-11-24(23)35-3/h7-8,10-11,13-16,22H,5-6,9,12,17-19H2,1-4H3,(H,28,32)/t22-/m0/s1. The minimum absolute atomic E-state index is 0.0277. The molecule has 0 heterocycles. The first kappa shape index (κ1) is 29.1. The van der Waals surface area contributed by atoms with Gasteiger partial charge >= 0.3 is 0 Å². The lowest BCUT2D eigenvalue weighted by Gasteiger charge is -2.31. The fourth-order valence-corrected chi connectivity index (χ4v) is 4.86. The Hall–Kier alpha value is -3.14. The van der Waals surface area contributed by atoms with Gasteiger partial charge in [0.1, 0.15) is 17.6 Å². The molecule has 1 atom stereocenters. The first-order chi connectivity index (χ1) is 17.1. The molecule has 0 saturated carbocycles. The number of sulfonamides is 1. The first-order valence-corrected chi connectivity index (χ1v) is 13.9. The van der Waals surface area contributed by atoms with Crippen LogP contribution in [0.25, 0.3) is 0 Å². The van der Waals surface area contributed by atoms with Gasteiger partial charge in [-0.15, -0.1) is 0 Å². The summed E-state index contributed by atoms with van der Waals surface area (Å²) in [5.74, 6) is -0.514. The molecular weight excluding hydrogens is 485 g/mol. The summed E-state index contributed by atoms with van der Waals surface area (Å²) >= 11 is 0. The van der Waals surface area contributed by atoms with Crippen molar-refractivity contribution in [3.8, 4) is 5.75 Å². The van der Waals surface area contributed by atoms with Crippen molar-refractivity contribution in [2.24, 2.45) is 0 Å². The number of carbonyl (C=O) groups excluding carboxylic acids is 2. The molecule has 2 amide bonds. The van der Waals surface area contributed by atoms with Gasteiger partial charge in [-0.2, -0.15) is 0 Å². The number of nitrogens with zero attached hydrogens (tertiary/aromatic N) is 2. The highest BCUT2D eigenvalue weighted by Gasteiger charge is 2.29. The number of hydrogen-bond acceptors (Lipinski definition) is 5. The Morgan fingerprint density at radius 1 is 1.08 bits per heavy atom. The Kier molecular flexibility index (Phi) is 11.2. The van der Waals surface area contributed by atoms with Crippen LogP contribution in [0.1, 0.15) is 45.1 Å². The van der Waals surface area contributed by atoms with Crippen molar-refractivity contribution >= 4 is 27.5 Å². The van der Waals surface area contributed by atoms with Crippen LogP contribution in [0.4, 0.5) is 10.1 Å². The third-order valence-corrected chi connectivity index (χ3v) is 6.89. The molecule has 2 aromatic carbocycles. The minimum atomic E-state index is -3.64. The maximum Gasteiger partial charge on any atom is 0.242 e. The van der Waals surface area contributed by atoms with Crippen LogP contribution in [0.5, 0.6) is 5.75 Å². The van der Waals surface area contributed by atoms with Gasteiger partial charge in [0.05, 0.1) is 19.1 Å². The SMILES string of the molecule is CCCNC(=O)[C@H](CC)N(Cc1ccc(F)cc1)C(=O)CCCN(c1ccccc1OC)S(C)(=O)=O. The molecule has 198 valence electrons. The van der Waals surface area contributed by atoms with Gasteiger partial charge in [0.25, 0.3) is 0 Å². The number of para-hydroxylation sites is 2. The van der Waals surface area contributed by atoms with Crippen molar-refractivity contribution in [3.05, 3.63) is 59.9 Å². The van der Waals surface area contributed by atoms with Gasteiger partial charge in [0.2, 0.25) is 21.8 Å². The maximum atomic E-state index is 13.4. The Labute approximate surface area is 213 Å². The van der Waals surface area contributed by atoms with Crippen LogP contribution in [0, 0.1) is 5.82 Å².